The van der Waals surface area contributed by atoms with Gasteiger partial charge in [0.05, 0.1) is 5.69 Å². The lowest BCUT2D eigenvalue weighted by molar-refractivity contribution is -0.125. The summed E-state index contributed by atoms with van der Waals surface area (Å²) >= 11 is 0. The molecule has 0 radical (unpaired) electrons. The number of ether oxygens (including phenoxy) is 1. The van der Waals surface area contributed by atoms with Crippen LogP contribution in [0, 0.1) is 0 Å². The summed E-state index contributed by atoms with van der Waals surface area (Å²) in [5.74, 6) is 0.776. The van der Waals surface area contributed by atoms with Crippen molar-refractivity contribution in [2.45, 2.75) is 45.8 Å². The van der Waals surface area contributed by atoms with E-state index < -0.39 is 6.10 Å². The Hall–Kier alpha value is -1.55. The minimum atomic E-state index is -0.414. The molecule has 0 bridgehead atoms. The number of rotatable bonds is 4. The third-order valence-electron chi connectivity index (χ3n) is 3.54. The minimum absolute atomic E-state index is 0.0104. The van der Waals surface area contributed by atoms with Crippen molar-refractivity contribution >= 4 is 11.6 Å². The average molecular weight is 262 g/mol. The number of hydrogen-bond donors (Lipinski definition) is 1. The maximum atomic E-state index is 12.1. The fourth-order valence-corrected chi connectivity index (χ4v) is 2.46. The normalized spacial score (nSPS) is 19.9. The van der Waals surface area contributed by atoms with E-state index in [-0.39, 0.29) is 11.9 Å². The Balaban J connectivity index is 2.37. The molecule has 1 aromatic carbocycles. The van der Waals surface area contributed by atoms with Gasteiger partial charge in [-0.15, -0.1) is 0 Å². The Morgan fingerprint density at radius 1 is 1.42 bits per heavy atom. The second-order valence-corrected chi connectivity index (χ2v) is 4.96. The maximum Gasteiger partial charge on any atom is 0.267 e. The van der Waals surface area contributed by atoms with E-state index in [4.69, 9.17) is 10.5 Å². The molecule has 2 unspecified atom stereocenters. The zero-order chi connectivity index (χ0) is 14.0. The van der Waals surface area contributed by atoms with Gasteiger partial charge in [-0.3, -0.25) is 4.79 Å². The van der Waals surface area contributed by atoms with Crippen LogP contribution in [0.2, 0.25) is 0 Å². The smallest absolute Gasteiger partial charge is 0.267 e. The molecule has 1 amide bonds. The molecule has 0 spiro atoms. The second-order valence-electron chi connectivity index (χ2n) is 4.96. The van der Waals surface area contributed by atoms with Crippen molar-refractivity contribution in [1.29, 1.82) is 0 Å². The molecule has 2 rings (SSSR count). The minimum Gasteiger partial charge on any atom is -0.479 e. The second kappa shape index (κ2) is 5.61. The fraction of sp³-hybridized carbons (Fsp3) is 0.533. The van der Waals surface area contributed by atoms with Crippen LogP contribution in [0.15, 0.2) is 18.2 Å². The number of carbonyl (C=O) groups excluding carboxylic acids is 1. The third kappa shape index (κ3) is 2.59. The lowest BCUT2D eigenvalue weighted by Crippen LogP contribution is -2.44. The number of carbonyl (C=O) groups is 1. The van der Waals surface area contributed by atoms with Crippen LogP contribution in [0.1, 0.15) is 45.2 Å². The van der Waals surface area contributed by atoms with E-state index in [1.807, 2.05) is 25.1 Å². The molecule has 1 heterocycles. The Bertz CT molecular complexity index is 473. The van der Waals surface area contributed by atoms with E-state index in [1.165, 1.54) is 0 Å². The van der Waals surface area contributed by atoms with E-state index in [0.29, 0.717) is 6.54 Å². The molecule has 2 N–H and O–H groups in total. The van der Waals surface area contributed by atoms with Crippen LogP contribution in [0.3, 0.4) is 0 Å². The SMILES string of the molecule is CCCC(N)c1ccc2c(c1)N(CC)C(=O)C(C)O2. The highest BCUT2D eigenvalue weighted by Crippen LogP contribution is 2.36. The summed E-state index contributed by atoms with van der Waals surface area (Å²) in [5, 5.41) is 0. The monoisotopic (exact) mass is 262 g/mol. The molecular formula is C15H22N2O2. The van der Waals surface area contributed by atoms with Crippen molar-refractivity contribution in [2.24, 2.45) is 5.73 Å². The lowest BCUT2D eigenvalue weighted by atomic mass is 10.0. The van der Waals surface area contributed by atoms with E-state index in [0.717, 1.165) is 29.8 Å². The van der Waals surface area contributed by atoms with Crippen molar-refractivity contribution in [2.75, 3.05) is 11.4 Å². The summed E-state index contributed by atoms with van der Waals surface area (Å²) in [6, 6.07) is 5.92. The van der Waals surface area contributed by atoms with Crippen LogP contribution < -0.4 is 15.4 Å². The number of anilines is 1. The molecule has 1 aliphatic heterocycles. The van der Waals surface area contributed by atoms with Crippen molar-refractivity contribution in [3.05, 3.63) is 23.8 Å². The first-order valence-corrected chi connectivity index (χ1v) is 6.96. The van der Waals surface area contributed by atoms with Crippen molar-refractivity contribution in [1.82, 2.24) is 0 Å². The zero-order valence-electron chi connectivity index (χ0n) is 11.8. The molecule has 4 heteroatoms. The van der Waals surface area contributed by atoms with E-state index in [1.54, 1.807) is 11.8 Å². The predicted molar refractivity (Wildman–Crippen MR) is 76.4 cm³/mol. The molecular weight excluding hydrogens is 240 g/mol. The molecule has 0 saturated heterocycles. The largest absolute Gasteiger partial charge is 0.479 e. The quantitative estimate of drug-likeness (QED) is 0.907. The predicted octanol–water partition coefficient (Wildman–Crippen LogP) is 2.62. The highest BCUT2D eigenvalue weighted by molar-refractivity contribution is 5.99. The Labute approximate surface area is 114 Å². The van der Waals surface area contributed by atoms with Gasteiger partial charge in [0.1, 0.15) is 5.75 Å². The molecule has 19 heavy (non-hydrogen) atoms. The molecule has 1 aliphatic rings. The number of nitrogens with two attached hydrogens (primary N) is 1. The molecule has 104 valence electrons. The van der Waals surface area contributed by atoms with Gasteiger partial charge in [0, 0.05) is 12.6 Å². The number of fused-ring (bicyclic) bond motifs is 1. The van der Waals surface area contributed by atoms with Crippen LogP contribution in [0.25, 0.3) is 0 Å². The summed E-state index contributed by atoms with van der Waals surface area (Å²) in [6.07, 6.45) is 1.57. The molecule has 0 aliphatic carbocycles. The van der Waals surface area contributed by atoms with Crippen molar-refractivity contribution < 1.29 is 9.53 Å². The van der Waals surface area contributed by atoms with Crippen molar-refractivity contribution in [3.8, 4) is 5.75 Å². The van der Waals surface area contributed by atoms with Gasteiger partial charge < -0.3 is 15.4 Å². The number of nitrogens with zero attached hydrogens (tertiary/aromatic N) is 1. The first-order chi connectivity index (χ1) is 9.08. The molecule has 2 atom stereocenters. The summed E-state index contributed by atoms with van der Waals surface area (Å²) in [7, 11) is 0. The molecule has 1 aromatic rings. The molecule has 0 fully saturated rings. The first-order valence-electron chi connectivity index (χ1n) is 6.96. The number of amides is 1. The van der Waals surface area contributed by atoms with Gasteiger partial charge in [-0.1, -0.05) is 19.4 Å². The third-order valence-corrected chi connectivity index (χ3v) is 3.54. The topological polar surface area (TPSA) is 55.6 Å². The van der Waals surface area contributed by atoms with Gasteiger partial charge in [0.2, 0.25) is 0 Å². The van der Waals surface area contributed by atoms with Crippen molar-refractivity contribution in [3.63, 3.8) is 0 Å². The molecule has 4 nitrogen and oxygen atoms in total. The maximum absolute atomic E-state index is 12.1. The number of benzene rings is 1. The van der Waals surface area contributed by atoms with Crippen LogP contribution in [0.5, 0.6) is 5.75 Å². The van der Waals surface area contributed by atoms with Crippen LogP contribution in [-0.2, 0) is 4.79 Å². The lowest BCUT2D eigenvalue weighted by Gasteiger charge is -2.33. The van der Waals surface area contributed by atoms with E-state index in [9.17, 15) is 4.79 Å². The van der Waals surface area contributed by atoms with Gasteiger partial charge in [0.25, 0.3) is 5.91 Å². The van der Waals surface area contributed by atoms with Gasteiger partial charge in [-0.05, 0) is 38.0 Å². The van der Waals surface area contributed by atoms with Crippen LogP contribution in [-0.4, -0.2) is 18.6 Å². The Kier molecular flexibility index (Phi) is 4.10. The van der Waals surface area contributed by atoms with E-state index in [2.05, 4.69) is 6.92 Å². The Morgan fingerprint density at radius 3 is 2.79 bits per heavy atom. The fourth-order valence-electron chi connectivity index (χ4n) is 2.46. The summed E-state index contributed by atoms with van der Waals surface area (Å²) < 4.78 is 5.64. The number of likely N-dealkylation sites (N-methyl/N-ethyl adjacent to an activating group) is 1. The van der Waals surface area contributed by atoms with Gasteiger partial charge >= 0.3 is 0 Å². The standard InChI is InChI=1S/C15H22N2O2/c1-4-6-12(16)11-7-8-14-13(9-11)17(5-2)15(18)10(3)19-14/h7-10,12H,4-6,16H2,1-3H3. The highest BCUT2D eigenvalue weighted by Gasteiger charge is 2.30. The van der Waals surface area contributed by atoms with Crippen LogP contribution >= 0.6 is 0 Å². The van der Waals surface area contributed by atoms with Gasteiger partial charge in [0.15, 0.2) is 6.10 Å². The van der Waals surface area contributed by atoms with E-state index >= 15 is 0 Å². The summed E-state index contributed by atoms with van der Waals surface area (Å²) in [4.78, 5) is 13.9. The highest BCUT2D eigenvalue weighted by atomic mass is 16.5. The first kappa shape index (κ1) is 13.9. The zero-order valence-corrected chi connectivity index (χ0v) is 11.8. The van der Waals surface area contributed by atoms with Gasteiger partial charge in [-0.25, -0.2) is 0 Å². The Morgan fingerprint density at radius 2 is 2.16 bits per heavy atom. The number of hydrogen-bond acceptors (Lipinski definition) is 3. The summed E-state index contributed by atoms with van der Waals surface area (Å²) in [5.41, 5.74) is 8.05. The molecule has 0 saturated carbocycles. The van der Waals surface area contributed by atoms with Gasteiger partial charge in [-0.2, -0.15) is 0 Å². The molecule has 0 aromatic heterocycles. The summed E-state index contributed by atoms with van der Waals surface area (Å²) in [6.45, 7) is 6.51. The van der Waals surface area contributed by atoms with Crippen LogP contribution in [0.4, 0.5) is 5.69 Å². The average Bonchev–Trinajstić information content (AvgIpc) is 2.40.